The lowest BCUT2D eigenvalue weighted by Gasteiger charge is -2.35. The summed E-state index contributed by atoms with van der Waals surface area (Å²) < 4.78 is 40.9. The first-order valence-corrected chi connectivity index (χ1v) is 13.4. The van der Waals surface area contributed by atoms with Crippen molar-refractivity contribution in [2.45, 2.75) is 61.5 Å². The van der Waals surface area contributed by atoms with Gasteiger partial charge in [0, 0.05) is 32.2 Å². The Hall–Kier alpha value is -2.33. The Morgan fingerprint density at radius 2 is 1.82 bits per heavy atom. The van der Waals surface area contributed by atoms with Gasteiger partial charge in [-0.2, -0.15) is 4.31 Å². The van der Waals surface area contributed by atoms with Gasteiger partial charge in [-0.3, -0.25) is 15.6 Å². The molecule has 34 heavy (non-hydrogen) atoms. The lowest BCUT2D eigenvalue weighted by atomic mass is 9.99. The minimum Gasteiger partial charge on any atom is -0.344 e. The molecule has 2 aliphatic rings. The van der Waals surface area contributed by atoms with Gasteiger partial charge >= 0.3 is 0 Å². The molecule has 9 heteroatoms. The van der Waals surface area contributed by atoms with Crippen molar-refractivity contribution in [1.29, 1.82) is 0 Å². The van der Waals surface area contributed by atoms with E-state index in [-0.39, 0.29) is 28.7 Å². The second-order valence-electron chi connectivity index (χ2n) is 9.17. The summed E-state index contributed by atoms with van der Waals surface area (Å²) in [6, 6.07) is 14.6. The van der Waals surface area contributed by atoms with Crippen LogP contribution < -0.4 is 10.9 Å². The van der Waals surface area contributed by atoms with Crippen LogP contribution in [0.15, 0.2) is 59.5 Å². The van der Waals surface area contributed by atoms with Gasteiger partial charge in [-0.15, -0.1) is 0 Å². The number of nitrogens with one attached hydrogen (secondary N) is 2. The minimum absolute atomic E-state index is 0.129. The molecule has 0 aliphatic carbocycles. The molecular weight excluding hydrogens is 455 g/mol. The van der Waals surface area contributed by atoms with E-state index in [0.29, 0.717) is 19.5 Å². The van der Waals surface area contributed by atoms with Crippen LogP contribution in [0.3, 0.4) is 0 Å². The number of carbonyl (C=O) groups is 1. The quantitative estimate of drug-likeness (QED) is 0.596. The summed E-state index contributed by atoms with van der Waals surface area (Å²) in [6.07, 6.45) is 4.70. The van der Waals surface area contributed by atoms with E-state index in [1.54, 1.807) is 54.4 Å². The minimum atomic E-state index is -3.71. The highest BCUT2D eigenvalue weighted by Crippen LogP contribution is 2.27. The molecule has 2 heterocycles. The van der Waals surface area contributed by atoms with E-state index in [1.165, 1.54) is 16.4 Å². The molecule has 3 atom stereocenters. The summed E-state index contributed by atoms with van der Waals surface area (Å²) in [5, 5.41) is 0. The van der Waals surface area contributed by atoms with Crippen molar-refractivity contribution in [2.24, 2.45) is 0 Å². The highest BCUT2D eigenvalue weighted by Gasteiger charge is 2.38. The molecule has 3 unspecified atom stereocenters. The number of rotatable bonds is 8. The first-order valence-electron chi connectivity index (χ1n) is 11.9. The van der Waals surface area contributed by atoms with Crippen LogP contribution >= 0.6 is 0 Å². The summed E-state index contributed by atoms with van der Waals surface area (Å²) >= 11 is 0. The van der Waals surface area contributed by atoms with Gasteiger partial charge in [0.15, 0.2) is 0 Å². The van der Waals surface area contributed by atoms with E-state index in [4.69, 9.17) is 0 Å². The first-order chi connectivity index (χ1) is 16.4. The molecule has 0 saturated carbocycles. The first kappa shape index (κ1) is 24.8. The third-order valence-corrected chi connectivity index (χ3v) is 8.69. The molecule has 2 aromatic carbocycles. The summed E-state index contributed by atoms with van der Waals surface area (Å²) in [5.74, 6) is -0.382. The standard InChI is InChI=1S/C25H33FN4O3S/c1-29(16-7-8-21-18-23(28-27-21)19-12-14-20(26)15-13-19)25(31)24-11-5-6-17-30(24)34(32,33)22-9-3-2-4-10-22/h2-4,9-10,12-15,21,23-24,27-28H,5-8,11,16-18H2,1H3. The third kappa shape index (κ3) is 5.66. The molecule has 2 fully saturated rings. The number of carbonyl (C=O) groups excluding carboxylic acids is 1. The molecular formula is C25H33FN4O3S. The van der Waals surface area contributed by atoms with Gasteiger partial charge in [-0.1, -0.05) is 36.8 Å². The van der Waals surface area contributed by atoms with Crippen LogP contribution in [0, 0.1) is 5.82 Å². The van der Waals surface area contributed by atoms with Crippen LogP contribution in [-0.4, -0.2) is 55.8 Å². The smallest absolute Gasteiger partial charge is 0.243 e. The Morgan fingerprint density at radius 1 is 1.09 bits per heavy atom. The van der Waals surface area contributed by atoms with E-state index in [9.17, 15) is 17.6 Å². The van der Waals surface area contributed by atoms with E-state index in [1.807, 2.05) is 0 Å². The fourth-order valence-electron chi connectivity index (χ4n) is 4.83. The average molecular weight is 489 g/mol. The number of hydrogen-bond donors (Lipinski definition) is 2. The number of piperidine rings is 1. The number of amides is 1. The van der Waals surface area contributed by atoms with Crippen LogP contribution in [0.25, 0.3) is 0 Å². The van der Waals surface area contributed by atoms with Crippen LogP contribution in [0.1, 0.15) is 50.1 Å². The predicted octanol–water partition coefficient (Wildman–Crippen LogP) is 3.22. The molecule has 2 saturated heterocycles. The predicted molar refractivity (Wildman–Crippen MR) is 129 cm³/mol. The van der Waals surface area contributed by atoms with Gasteiger partial charge < -0.3 is 4.90 Å². The zero-order valence-corrected chi connectivity index (χ0v) is 20.3. The van der Waals surface area contributed by atoms with Gasteiger partial charge in [0.05, 0.1) is 4.90 Å². The maximum Gasteiger partial charge on any atom is 0.243 e. The van der Waals surface area contributed by atoms with Crippen LogP contribution in [-0.2, 0) is 14.8 Å². The number of likely N-dealkylation sites (N-methyl/N-ethyl adjacent to an activating group) is 1. The Labute approximate surface area is 201 Å². The molecule has 184 valence electrons. The second-order valence-corrected chi connectivity index (χ2v) is 11.1. The Morgan fingerprint density at radius 3 is 2.56 bits per heavy atom. The molecule has 1 amide bonds. The molecule has 2 aliphatic heterocycles. The van der Waals surface area contributed by atoms with Gasteiger partial charge in [0.1, 0.15) is 11.9 Å². The third-order valence-electron chi connectivity index (χ3n) is 6.77. The van der Waals surface area contributed by atoms with E-state index >= 15 is 0 Å². The molecule has 4 rings (SSSR count). The molecule has 0 bridgehead atoms. The number of benzene rings is 2. The lowest BCUT2D eigenvalue weighted by Crippen LogP contribution is -2.52. The van der Waals surface area contributed by atoms with Gasteiger partial charge in [0.2, 0.25) is 15.9 Å². The molecule has 2 aromatic rings. The summed E-state index contributed by atoms with van der Waals surface area (Å²) in [5.41, 5.74) is 7.61. The van der Waals surface area contributed by atoms with Crippen molar-refractivity contribution < 1.29 is 17.6 Å². The maximum absolute atomic E-state index is 13.2. The number of hydrazine groups is 1. The lowest BCUT2D eigenvalue weighted by molar-refractivity contribution is -0.135. The van der Waals surface area contributed by atoms with Crippen molar-refractivity contribution >= 4 is 15.9 Å². The van der Waals surface area contributed by atoms with Crippen molar-refractivity contribution in [3.63, 3.8) is 0 Å². The number of halogens is 1. The van der Waals surface area contributed by atoms with Crippen molar-refractivity contribution in [3.8, 4) is 0 Å². The fraction of sp³-hybridized carbons (Fsp3) is 0.480. The molecule has 0 radical (unpaired) electrons. The number of nitrogens with zero attached hydrogens (tertiary/aromatic N) is 2. The molecule has 0 aromatic heterocycles. The second kappa shape index (κ2) is 10.9. The van der Waals surface area contributed by atoms with Crippen LogP contribution in [0.2, 0.25) is 0 Å². The normalized spacial score (nSPS) is 23.6. The van der Waals surface area contributed by atoms with E-state index < -0.39 is 16.1 Å². The summed E-state index contributed by atoms with van der Waals surface area (Å²) in [4.78, 5) is 15.1. The fourth-order valence-corrected chi connectivity index (χ4v) is 6.50. The molecule has 7 nitrogen and oxygen atoms in total. The van der Waals surface area contributed by atoms with Crippen molar-refractivity contribution in [3.05, 3.63) is 66.0 Å². The largest absolute Gasteiger partial charge is 0.344 e. The number of hydrogen-bond acceptors (Lipinski definition) is 5. The highest BCUT2D eigenvalue weighted by atomic mass is 32.2. The van der Waals surface area contributed by atoms with Gasteiger partial charge in [-0.25, -0.2) is 12.8 Å². The summed E-state index contributed by atoms with van der Waals surface area (Å²) in [6.45, 7) is 0.928. The Kier molecular flexibility index (Phi) is 7.98. The van der Waals surface area contributed by atoms with Crippen molar-refractivity contribution in [2.75, 3.05) is 20.1 Å². The zero-order chi connectivity index (χ0) is 24.1. The van der Waals surface area contributed by atoms with Crippen LogP contribution in [0.5, 0.6) is 0 Å². The van der Waals surface area contributed by atoms with E-state index in [2.05, 4.69) is 10.9 Å². The maximum atomic E-state index is 13.2. The Balaban J connectivity index is 1.30. The highest BCUT2D eigenvalue weighted by molar-refractivity contribution is 7.89. The van der Waals surface area contributed by atoms with E-state index in [0.717, 1.165) is 37.7 Å². The van der Waals surface area contributed by atoms with Crippen molar-refractivity contribution in [1.82, 2.24) is 20.1 Å². The van der Waals surface area contributed by atoms with Gasteiger partial charge in [-0.05, 0) is 61.9 Å². The van der Waals surface area contributed by atoms with Crippen LogP contribution in [0.4, 0.5) is 4.39 Å². The van der Waals surface area contributed by atoms with Gasteiger partial charge in [0.25, 0.3) is 0 Å². The monoisotopic (exact) mass is 488 g/mol. The molecule has 0 spiro atoms. The summed E-state index contributed by atoms with van der Waals surface area (Å²) in [7, 11) is -1.96. The SMILES string of the molecule is CN(CCCC1CC(c2ccc(F)cc2)NN1)C(=O)C1CCCCN1S(=O)(=O)c1ccccc1. The number of sulfonamides is 1. The average Bonchev–Trinajstić information content (AvgIpc) is 3.33. The Bertz CT molecular complexity index is 1070. The zero-order valence-electron chi connectivity index (χ0n) is 19.5. The topological polar surface area (TPSA) is 81.8 Å². The molecule has 2 N–H and O–H groups in total.